The number of benzene rings is 1. The largest absolute Gasteiger partial charge is 0.478 e. The number of aromatic carboxylic acids is 1. The molecule has 0 fully saturated rings. The van der Waals surface area contributed by atoms with Gasteiger partial charge in [0.05, 0.1) is 5.56 Å². The number of fused-ring (bicyclic) bond motifs is 1. The number of hydrogen-bond acceptors (Lipinski definition) is 2. The van der Waals surface area contributed by atoms with Crippen LogP contribution in [0, 0.1) is 6.92 Å². The van der Waals surface area contributed by atoms with Crippen molar-refractivity contribution in [3.63, 3.8) is 0 Å². The van der Waals surface area contributed by atoms with Crippen LogP contribution in [0.25, 0.3) is 0 Å². The summed E-state index contributed by atoms with van der Waals surface area (Å²) in [5.74, 6) is -0.834. The Bertz CT molecular complexity index is 399. The van der Waals surface area contributed by atoms with Crippen LogP contribution >= 0.6 is 0 Å². The summed E-state index contributed by atoms with van der Waals surface area (Å²) in [5.41, 5.74) is 3.50. The Hall–Kier alpha value is -1.51. The molecule has 3 heteroatoms. The van der Waals surface area contributed by atoms with E-state index >= 15 is 0 Å². The van der Waals surface area contributed by atoms with Gasteiger partial charge in [-0.2, -0.15) is 0 Å². The molecule has 15 heavy (non-hydrogen) atoms. The van der Waals surface area contributed by atoms with Gasteiger partial charge in [0.2, 0.25) is 0 Å². The zero-order chi connectivity index (χ0) is 10.8. The smallest absolute Gasteiger partial charge is 0.335 e. The second-order valence-corrected chi connectivity index (χ2v) is 4.01. The molecule has 0 bridgehead atoms. The average molecular weight is 205 g/mol. The van der Waals surface area contributed by atoms with E-state index in [1.54, 1.807) is 0 Å². The van der Waals surface area contributed by atoms with Gasteiger partial charge in [0.25, 0.3) is 0 Å². The van der Waals surface area contributed by atoms with Crippen molar-refractivity contribution in [3.8, 4) is 0 Å². The van der Waals surface area contributed by atoms with Gasteiger partial charge in [0.1, 0.15) is 0 Å². The lowest BCUT2D eigenvalue weighted by Crippen LogP contribution is -2.04. The second kappa shape index (κ2) is 3.93. The lowest BCUT2D eigenvalue weighted by molar-refractivity contribution is 0.0696. The van der Waals surface area contributed by atoms with E-state index in [1.807, 2.05) is 19.1 Å². The lowest BCUT2D eigenvalue weighted by Gasteiger charge is -2.10. The van der Waals surface area contributed by atoms with Crippen molar-refractivity contribution in [1.82, 2.24) is 0 Å². The van der Waals surface area contributed by atoms with E-state index in [0.717, 1.165) is 42.6 Å². The molecule has 1 aromatic rings. The van der Waals surface area contributed by atoms with Crippen molar-refractivity contribution >= 4 is 11.7 Å². The van der Waals surface area contributed by atoms with Crippen molar-refractivity contribution < 1.29 is 9.90 Å². The summed E-state index contributed by atoms with van der Waals surface area (Å²) in [6.07, 6.45) is 3.25. The highest BCUT2D eigenvalue weighted by Crippen LogP contribution is 2.25. The Morgan fingerprint density at radius 3 is 2.93 bits per heavy atom. The van der Waals surface area contributed by atoms with E-state index in [-0.39, 0.29) is 0 Å². The third kappa shape index (κ3) is 1.96. The van der Waals surface area contributed by atoms with E-state index in [9.17, 15) is 4.79 Å². The number of hydrogen-bond donors (Lipinski definition) is 2. The fraction of sp³-hybridized carbons (Fsp3) is 0.417. The predicted octanol–water partition coefficient (Wildman–Crippen LogP) is 2.44. The van der Waals surface area contributed by atoms with Crippen molar-refractivity contribution in [1.29, 1.82) is 0 Å². The summed E-state index contributed by atoms with van der Waals surface area (Å²) in [7, 11) is 0. The highest BCUT2D eigenvalue weighted by molar-refractivity contribution is 5.90. The van der Waals surface area contributed by atoms with E-state index in [4.69, 9.17) is 5.11 Å². The second-order valence-electron chi connectivity index (χ2n) is 4.01. The van der Waals surface area contributed by atoms with Gasteiger partial charge >= 0.3 is 5.97 Å². The summed E-state index contributed by atoms with van der Waals surface area (Å²) in [4.78, 5) is 11.0. The molecule has 2 N–H and O–H groups in total. The van der Waals surface area contributed by atoms with E-state index in [1.165, 1.54) is 0 Å². The molecule has 1 aliphatic heterocycles. The van der Waals surface area contributed by atoms with Gasteiger partial charge in [0.15, 0.2) is 0 Å². The van der Waals surface area contributed by atoms with Gasteiger partial charge in [-0.1, -0.05) is 0 Å². The molecule has 2 rings (SSSR count). The van der Waals surface area contributed by atoms with E-state index < -0.39 is 5.97 Å². The first-order chi connectivity index (χ1) is 7.18. The van der Waals surface area contributed by atoms with E-state index in [2.05, 4.69) is 5.32 Å². The molecule has 0 unspecified atom stereocenters. The lowest BCUT2D eigenvalue weighted by atomic mass is 10.0. The first kappa shape index (κ1) is 10.0. The molecule has 0 saturated carbocycles. The van der Waals surface area contributed by atoms with Gasteiger partial charge in [-0.25, -0.2) is 4.79 Å². The molecular formula is C12H15NO2. The summed E-state index contributed by atoms with van der Waals surface area (Å²) in [6.45, 7) is 2.83. The van der Waals surface area contributed by atoms with Crippen LogP contribution in [0.2, 0.25) is 0 Å². The monoisotopic (exact) mass is 205 g/mol. The molecule has 0 radical (unpaired) electrons. The van der Waals surface area contributed by atoms with Crippen LogP contribution in [0.1, 0.15) is 34.3 Å². The summed E-state index contributed by atoms with van der Waals surface area (Å²) < 4.78 is 0. The zero-order valence-corrected chi connectivity index (χ0v) is 8.84. The van der Waals surface area contributed by atoms with Crippen molar-refractivity contribution in [2.24, 2.45) is 0 Å². The molecule has 0 saturated heterocycles. The first-order valence-electron chi connectivity index (χ1n) is 5.29. The number of nitrogens with one attached hydrogen (secondary N) is 1. The quantitative estimate of drug-likeness (QED) is 0.740. The minimum atomic E-state index is -0.834. The minimum Gasteiger partial charge on any atom is -0.478 e. The Labute approximate surface area is 89.1 Å². The molecule has 1 aromatic carbocycles. The summed E-state index contributed by atoms with van der Waals surface area (Å²) in [5, 5.41) is 12.4. The topological polar surface area (TPSA) is 49.3 Å². The molecule has 1 aliphatic rings. The molecule has 0 atom stereocenters. The van der Waals surface area contributed by atoms with Gasteiger partial charge in [-0.05, 0) is 49.4 Å². The standard InChI is InChI=1S/C12H15NO2/c1-8-6-11-9(4-2-3-5-13-11)7-10(8)12(14)15/h6-7,13H,2-5H2,1H3,(H,14,15). The molecule has 80 valence electrons. The maximum atomic E-state index is 11.0. The number of rotatable bonds is 1. The predicted molar refractivity (Wildman–Crippen MR) is 59.6 cm³/mol. The van der Waals surface area contributed by atoms with Crippen molar-refractivity contribution in [2.45, 2.75) is 26.2 Å². The van der Waals surface area contributed by atoms with Crippen LogP contribution in [0.15, 0.2) is 12.1 Å². The SMILES string of the molecule is Cc1cc2c(cc1C(=O)O)CCCCN2. The third-order valence-corrected chi connectivity index (χ3v) is 2.87. The fourth-order valence-electron chi connectivity index (χ4n) is 2.02. The normalized spacial score (nSPS) is 15.0. The highest BCUT2D eigenvalue weighted by Gasteiger charge is 2.13. The molecular weight excluding hydrogens is 190 g/mol. The zero-order valence-electron chi connectivity index (χ0n) is 8.84. The third-order valence-electron chi connectivity index (χ3n) is 2.87. The van der Waals surface area contributed by atoms with Crippen LogP contribution in [0.4, 0.5) is 5.69 Å². The number of carboxylic acids is 1. The first-order valence-corrected chi connectivity index (χ1v) is 5.29. The van der Waals surface area contributed by atoms with Crippen molar-refractivity contribution in [3.05, 3.63) is 28.8 Å². The molecule has 0 aromatic heterocycles. The molecule has 1 heterocycles. The number of anilines is 1. The van der Waals surface area contributed by atoms with Gasteiger partial charge in [-0.3, -0.25) is 0 Å². The van der Waals surface area contributed by atoms with Crippen molar-refractivity contribution in [2.75, 3.05) is 11.9 Å². The maximum Gasteiger partial charge on any atom is 0.335 e. The highest BCUT2D eigenvalue weighted by atomic mass is 16.4. The molecule has 0 spiro atoms. The fourth-order valence-corrected chi connectivity index (χ4v) is 2.02. The number of carbonyl (C=O) groups is 1. The van der Waals surface area contributed by atoms with Crippen LogP contribution in [-0.2, 0) is 6.42 Å². The van der Waals surface area contributed by atoms with Crippen LogP contribution < -0.4 is 5.32 Å². The van der Waals surface area contributed by atoms with Gasteiger partial charge in [0, 0.05) is 12.2 Å². The Morgan fingerprint density at radius 1 is 1.40 bits per heavy atom. The van der Waals surface area contributed by atoms with Gasteiger partial charge < -0.3 is 10.4 Å². The average Bonchev–Trinajstić information content (AvgIpc) is 2.40. The summed E-state index contributed by atoms with van der Waals surface area (Å²) >= 11 is 0. The number of carboxylic acid groups (broad SMARTS) is 1. The molecule has 0 aliphatic carbocycles. The molecule has 3 nitrogen and oxygen atoms in total. The van der Waals surface area contributed by atoms with Crippen LogP contribution in [0.3, 0.4) is 0 Å². The van der Waals surface area contributed by atoms with Crippen LogP contribution in [-0.4, -0.2) is 17.6 Å². The Balaban J connectivity index is 2.47. The summed E-state index contributed by atoms with van der Waals surface area (Å²) in [6, 6.07) is 3.76. The van der Waals surface area contributed by atoms with E-state index in [0.29, 0.717) is 5.56 Å². The Morgan fingerprint density at radius 2 is 2.20 bits per heavy atom. The molecule has 0 amide bonds. The Kier molecular flexibility index (Phi) is 2.62. The number of aryl methyl sites for hydroxylation is 2. The van der Waals surface area contributed by atoms with Gasteiger partial charge in [-0.15, -0.1) is 0 Å². The van der Waals surface area contributed by atoms with Crippen LogP contribution in [0.5, 0.6) is 0 Å². The maximum absolute atomic E-state index is 11.0. The minimum absolute atomic E-state index is 0.428.